The van der Waals surface area contributed by atoms with E-state index in [9.17, 15) is 4.79 Å². The van der Waals surface area contributed by atoms with Crippen molar-refractivity contribution in [2.45, 2.75) is 76.6 Å². The van der Waals surface area contributed by atoms with Gasteiger partial charge in [0.25, 0.3) is 0 Å². The van der Waals surface area contributed by atoms with Crippen LogP contribution in [0.3, 0.4) is 0 Å². The summed E-state index contributed by atoms with van der Waals surface area (Å²) in [4.78, 5) is 17.0. The predicted molar refractivity (Wildman–Crippen MR) is 92.8 cm³/mol. The fourth-order valence-electron chi connectivity index (χ4n) is 4.56. The van der Waals surface area contributed by atoms with Crippen LogP contribution < -0.4 is 10.6 Å². The molecule has 138 valence electrons. The number of nitrogens with one attached hydrogen (secondary N) is 2. The van der Waals surface area contributed by atoms with E-state index in [1.165, 1.54) is 32.1 Å². The molecule has 0 bridgehead atoms. The summed E-state index contributed by atoms with van der Waals surface area (Å²) < 4.78 is 7.02. The number of nitrogens with zero attached hydrogens (tertiary/aromatic N) is 3. The molecule has 0 unspecified atom stereocenters. The number of methoxy groups -OCH3 is 1. The summed E-state index contributed by atoms with van der Waals surface area (Å²) in [5.41, 5.74) is 0. The van der Waals surface area contributed by atoms with E-state index < -0.39 is 0 Å². The Labute approximate surface area is 148 Å². The van der Waals surface area contributed by atoms with Crippen LogP contribution in [0.15, 0.2) is 0 Å². The summed E-state index contributed by atoms with van der Waals surface area (Å²) in [6.45, 7) is 1.27. The Hall–Kier alpha value is -1.63. The summed E-state index contributed by atoms with van der Waals surface area (Å²) in [6, 6.07) is 0.255. The fraction of sp³-hybridized carbons (Fsp3) is 0.833. The molecule has 0 saturated heterocycles. The molecule has 25 heavy (non-hydrogen) atoms. The number of fused-ring (bicyclic) bond motifs is 1. The minimum Gasteiger partial charge on any atom is -0.377 e. The lowest BCUT2D eigenvalue weighted by Crippen LogP contribution is -2.41. The third-order valence-electron chi connectivity index (χ3n) is 5.91. The van der Waals surface area contributed by atoms with Gasteiger partial charge in [-0.15, -0.1) is 0 Å². The van der Waals surface area contributed by atoms with Crippen LogP contribution in [0, 0.1) is 11.8 Å². The molecule has 2 fully saturated rings. The first-order valence-electron chi connectivity index (χ1n) is 9.74. The van der Waals surface area contributed by atoms with E-state index in [4.69, 9.17) is 4.74 Å². The number of aryl methyl sites for hydroxylation is 1. The molecule has 1 aliphatic heterocycles. The predicted octanol–water partition coefficient (Wildman–Crippen LogP) is 2.53. The Bertz CT molecular complexity index is 611. The van der Waals surface area contributed by atoms with Gasteiger partial charge < -0.3 is 15.4 Å². The van der Waals surface area contributed by atoms with Gasteiger partial charge in [0.1, 0.15) is 12.4 Å². The Balaban J connectivity index is 1.30. The number of hydrogen-bond donors (Lipinski definition) is 2. The van der Waals surface area contributed by atoms with Gasteiger partial charge in [0.2, 0.25) is 0 Å². The van der Waals surface area contributed by atoms with Crippen molar-refractivity contribution in [1.82, 2.24) is 25.4 Å². The van der Waals surface area contributed by atoms with Crippen molar-refractivity contribution in [3.8, 4) is 0 Å². The lowest BCUT2D eigenvalue weighted by molar-refractivity contribution is 0.177. The quantitative estimate of drug-likeness (QED) is 0.858. The van der Waals surface area contributed by atoms with Gasteiger partial charge in [-0.3, -0.25) is 0 Å². The monoisotopic (exact) mass is 347 g/mol. The number of carbonyl (C=O) groups excluding carboxylic acids is 1. The molecule has 0 aromatic carbocycles. The van der Waals surface area contributed by atoms with Crippen molar-refractivity contribution in [3.63, 3.8) is 0 Å². The number of aromatic nitrogens is 3. The van der Waals surface area contributed by atoms with Crippen molar-refractivity contribution in [2.24, 2.45) is 11.8 Å². The van der Waals surface area contributed by atoms with Crippen LogP contribution in [0.5, 0.6) is 0 Å². The van der Waals surface area contributed by atoms with E-state index in [1.54, 1.807) is 7.11 Å². The van der Waals surface area contributed by atoms with Crippen molar-refractivity contribution in [3.05, 3.63) is 11.6 Å². The summed E-state index contributed by atoms with van der Waals surface area (Å²) in [6.07, 6.45) is 9.86. The first-order chi connectivity index (χ1) is 12.2. The van der Waals surface area contributed by atoms with Crippen LogP contribution in [0.25, 0.3) is 0 Å². The van der Waals surface area contributed by atoms with Crippen LogP contribution in [-0.2, 0) is 17.9 Å². The summed E-state index contributed by atoms with van der Waals surface area (Å²) in [7, 11) is 1.64. The normalized spacial score (nSPS) is 29.1. The average molecular weight is 347 g/mol. The molecule has 7 heteroatoms. The van der Waals surface area contributed by atoms with Crippen LogP contribution in [0.2, 0.25) is 0 Å². The van der Waals surface area contributed by atoms with Gasteiger partial charge in [-0.1, -0.05) is 32.1 Å². The first-order valence-corrected chi connectivity index (χ1v) is 9.74. The molecule has 2 aliphatic carbocycles. The second-order valence-electron chi connectivity index (χ2n) is 7.76. The second-order valence-corrected chi connectivity index (χ2v) is 7.76. The number of urea groups is 1. The highest BCUT2D eigenvalue weighted by Gasteiger charge is 2.44. The van der Waals surface area contributed by atoms with Gasteiger partial charge in [-0.2, -0.15) is 5.10 Å². The average Bonchev–Trinajstić information content (AvgIpc) is 3.24. The van der Waals surface area contributed by atoms with Gasteiger partial charge in [0.15, 0.2) is 5.82 Å². The molecule has 1 aromatic heterocycles. The van der Waals surface area contributed by atoms with E-state index in [0.29, 0.717) is 24.4 Å². The second kappa shape index (κ2) is 7.32. The maximum Gasteiger partial charge on any atom is 0.315 e. The smallest absolute Gasteiger partial charge is 0.315 e. The Morgan fingerprint density at radius 1 is 1.20 bits per heavy atom. The largest absolute Gasteiger partial charge is 0.377 e. The minimum atomic E-state index is -0.0574. The van der Waals surface area contributed by atoms with Gasteiger partial charge in [-0.05, 0) is 31.1 Å². The molecule has 1 aromatic rings. The van der Waals surface area contributed by atoms with E-state index in [-0.39, 0.29) is 12.1 Å². The van der Waals surface area contributed by atoms with Crippen LogP contribution in [0.1, 0.15) is 69.1 Å². The standard InChI is InChI=1S/C18H29N5O2/c1-25-11-16-21-17-14(8-5-9-23(17)22-16)19-18(24)20-15-10-13(15)12-6-3-2-4-7-12/h12-15H,2-11H2,1H3,(H2,19,20,24)/t13-,14+,15-/m1/s1. The van der Waals surface area contributed by atoms with Crippen molar-refractivity contribution >= 4 is 6.03 Å². The van der Waals surface area contributed by atoms with Crippen LogP contribution in [0.4, 0.5) is 4.79 Å². The molecular weight excluding hydrogens is 318 g/mol. The molecule has 7 nitrogen and oxygen atoms in total. The molecule has 2 N–H and O–H groups in total. The highest BCUT2D eigenvalue weighted by atomic mass is 16.5. The van der Waals surface area contributed by atoms with Gasteiger partial charge in [-0.25, -0.2) is 14.5 Å². The van der Waals surface area contributed by atoms with E-state index in [2.05, 4.69) is 20.7 Å². The lowest BCUT2D eigenvalue weighted by Gasteiger charge is -2.24. The molecule has 3 aliphatic rings. The molecule has 2 heterocycles. The summed E-state index contributed by atoms with van der Waals surface area (Å²) in [5, 5.41) is 10.7. The number of hydrogen-bond acceptors (Lipinski definition) is 4. The lowest BCUT2D eigenvalue weighted by atomic mass is 9.85. The molecular formula is C18H29N5O2. The molecule has 0 radical (unpaired) electrons. The molecule has 2 amide bonds. The number of amides is 2. The highest BCUT2D eigenvalue weighted by molar-refractivity contribution is 5.75. The summed E-state index contributed by atoms with van der Waals surface area (Å²) in [5.74, 6) is 3.07. The highest BCUT2D eigenvalue weighted by Crippen LogP contribution is 2.44. The van der Waals surface area contributed by atoms with E-state index >= 15 is 0 Å². The SMILES string of the molecule is COCc1nc2n(n1)CCC[C@@H]2NC(=O)N[C@@H]1C[C@@H]1C1CCCCC1. The topological polar surface area (TPSA) is 81.1 Å². The Morgan fingerprint density at radius 2 is 2.04 bits per heavy atom. The number of ether oxygens (including phenoxy) is 1. The maximum absolute atomic E-state index is 12.4. The fourth-order valence-corrected chi connectivity index (χ4v) is 4.56. The van der Waals surface area contributed by atoms with Gasteiger partial charge in [0, 0.05) is 19.7 Å². The van der Waals surface area contributed by atoms with E-state index in [1.807, 2.05) is 4.68 Å². The number of carbonyl (C=O) groups is 1. The van der Waals surface area contributed by atoms with Crippen molar-refractivity contribution in [2.75, 3.05) is 7.11 Å². The number of rotatable bonds is 5. The van der Waals surface area contributed by atoms with Gasteiger partial charge >= 0.3 is 6.03 Å². The molecule has 2 saturated carbocycles. The third kappa shape index (κ3) is 3.81. The first kappa shape index (κ1) is 16.8. The molecule has 3 atom stereocenters. The van der Waals surface area contributed by atoms with Crippen LogP contribution >= 0.6 is 0 Å². The molecule has 4 rings (SSSR count). The zero-order chi connectivity index (χ0) is 17.2. The Morgan fingerprint density at radius 3 is 2.84 bits per heavy atom. The van der Waals surface area contributed by atoms with E-state index in [0.717, 1.165) is 37.5 Å². The zero-order valence-electron chi connectivity index (χ0n) is 15.0. The van der Waals surface area contributed by atoms with Crippen molar-refractivity contribution in [1.29, 1.82) is 0 Å². The van der Waals surface area contributed by atoms with Gasteiger partial charge in [0.05, 0.1) is 6.04 Å². The third-order valence-corrected chi connectivity index (χ3v) is 5.91. The zero-order valence-corrected chi connectivity index (χ0v) is 15.0. The Kier molecular flexibility index (Phi) is 4.92. The van der Waals surface area contributed by atoms with Crippen molar-refractivity contribution < 1.29 is 9.53 Å². The maximum atomic E-state index is 12.4. The van der Waals surface area contributed by atoms with Crippen LogP contribution in [-0.4, -0.2) is 33.9 Å². The minimum absolute atomic E-state index is 0.0567. The molecule has 0 spiro atoms. The summed E-state index contributed by atoms with van der Waals surface area (Å²) >= 11 is 0.